The van der Waals surface area contributed by atoms with Gasteiger partial charge in [0.25, 0.3) is 0 Å². The fourth-order valence-electron chi connectivity index (χ4n) is 1.60. The molecule has 1 aromatic heterocycles. The number of primary amides is 1. The van der Waals surface area contributed by atoms with Crippen LogP contribution in [-0.2, 0) is 4.79 Å². The summed E-state index contributed by atoms with van der Waals surface area (Å²) in [5, 5.41) is 3.68. The smallest absolute Gasteiger partial charge is 0.245 e. The molecule has 0 radical (unpaired) electrons. The lowest BCUT2D eigenvalue weighted by Crippen LogP contribution is -2.27. The number of aromatic nitrogens is 1. The summed E-state index contributed by atoms with van der Waals surface area (Å²) in [6, 6.07) is 6.56. The first kappa shape index (κ1) is 12.9. The van der Waals surface area contributed by atoms with Crippen molar-refractivity contribution in [1.82, 2.24) is 4.98 Å². The van der Waals surface area contributed by atoms with E-state index in [-0.39, 0.29) is 0 Å². The molecule has 0 spiro atoms. The minimum atomic E-state index is -0.587. The lowest BCUT2D eigenvalue weighted by atomic mass is 10.2. The number of benzene rings is 1. The van der Waals surface area contributed by atoms with Crippen LogP contribution in [0.1, 0.15) is 16.6 Å². The van der Waals surface area contributed by atoms with Gasteiger partial charge >= 0.3 is 0 Å². The van der Waals surface area contributed by atoms with E-state index in [0.29, 0.717) is 5.02 Å². The first-order valence-electron chi connectivity index (χ1n) is 5.29. The molecule has 0 saturated heterocycles. The average Bonchev–Trinajstić information content (AvgIpc) is 2.72. The molecule has 0 bridgehead atoms. The molecule has 0 aliphatic rings. The number of carbonyl (C=O) groups excluding carboxylic acids is 1. The van der Waals surface area contributed by atoms with E-state index < -0.39 is 11.9 Å². The van der Waals surface area contributed by atoms with E-state index in [1.807, 2.05) is 19.1 Å². The summed E-state index contributed by atoms with van der Waals surface area (Å²) in [7, 11) is 0. The highest BCUT2D eigenvalue weighted by Crippen LogP contribution is 2.26. The van der Waals surface area contributed by atoms with Gasteiger partial charge in [0.05, 0.1) is 16.1 Å². The molecule has 1 heterocycles. The largest absolute Gasteiger partial charge is 0.369 e. The molecule has 1 atom stereocenters. The Kier molecular flexibility index (Phi) is 3.84. The summed E-state index contributed by atoms with van der Waals surface area (Å²) >= 11 is 7.30. The Morgan fingerprint density at radius 1 is 1.56 bits per heavy atom. The maximum atomic E-state index is 11.5. The normalized spacial score (nSPS) is 12.1. The van der Waals surface area contributed by atoms with Crippen molar-refractivity contribution < 1.29 is 4.79 Å². The molecule has 0 aliphatic carbocycles. The Labute approximate surface area is 114 Å². The number of hydrogen-bond donors (Lipinski definition) is 2. The summed E-state index contributed by atoms with van der Waals surface area (Å²) in [4.78, 5) is 16.5. The topological polar surface area (TPSA) is 68.0 Å². The number of hydrogen-bond acceptors (Lipinski definition) is 4. The molecule has 2 rings (SSSR count). The second-order valence-corrected chi connectivity index (χ2v) is 5.11. The lowest BCUT2D eigenvalue weighted by Gasteiger charge is -2.16. The van der Waals surface area contributed by atoms with Crippen LogP contribution < -0.4 is 11.1 Å². The molecule has 4 nitrogen and oxygen atoms in total. The van der Waals surface area contributed by atoms with Crippen molar-refractivity contribution >= 4 is 34.5 Å². The lowest BCUT2D eigenvalue weighted by molar-refractivity contribution is -0.118. The van der Waals surface area contributed by atoms with Gasteiger partial charge in [-0.25, -0.2) is 4.98 Å². The van der Waals surface area contributed by atoms with Gasteiger partial charge in [0.2, 0.25) is 5.91 Å². The van der Waals surface area contributed by atoms with Gasteiger partial charge in [-0.05, 0) is 25.1 Å². The van der Waals surface area contributed by atoms with Crippen LogP contribution in [-0.4, -0.2) is 10.9 Å². The maximum Gasteiger partial charge on any atom is 0.245 e. The predicted octanol–water partition coefficient (Wildman–Crippen LogP) is 2.74. The molecule has 94 valence electrons. The van der Waals surface area contributed by atoms with Crippen LogP contribution >= 0.6 is 22.9 Å². The van der Waals surface area contributed by atoms with Gasteiger partial charge in [0.15, 0.2) is 0 Å². The number of carbonyl (C=O) groups is 1. The van der Waals surface area contributed by atoms with Crippen molar-refractivity contribution in [1.29, 1.82) is 0 Å². The van der Waals surface area contributed by atoms with E-state index in [1.165, 1.54) is 11.3 Å². The second-order valence-electron chi connectivity index (χ2n) is 3.79. The summed E-state index contributed by atoms with van der Waals surface area (Å²) in [5.74, 6) is -0.442. The van der Waals surface area contributed by atoms with Crippen LogP contribution in [0.25, 0.3) is 0 Å². The minimum Gasteiger partial charge on any atom is -0.369 e. The van der Waals surface area contributed by atoms with Gasteiger partial charge in [0.1, 0.15) is 6.04 Å². The van der Waals surface area contributed by atoms with E-state index in [1.54, 1.807) is 17.6 Å². The van der Waals surface area contributed by atoms with Crippen molar-refractivity contribution in [3.05, 3.63) is 45.4 Å². The fourth-order valence-corrected chi connectivity index (χ4v) is 2.65. The number of halogens is 1. The first-order valence-corrected chi connectivity index (χ1v) is 6.55. The number of rotatable bonds is 4. The van der Waals surface area contributed by atoms with Crippen molar-refractivity contribution in [2.24, 2.45) is 5.73 Å². The van der Waals surface area contributed by atoms with Crippen molar-refractivity contribution in [2.45, 2.75) is 13.0 Å². The SMILES string of the molecule is Cc1ncsc1C(Nc1cccc(Cl)c1)C(N)=O. The van der Waals surface area contributed by atoms with E-state index in [2.05, 4.69) is 10.3 Å². The third-order valence-electron chi connectivity index (χ3n) is 2.46. The Bertz CT molecular complexity index is 570. The first-order chi connectivity index (χ1) is 8.58. The van der Waals surface area contributed by atoms with Crippen molar-refractivity contribution in [3.8, 4) is 0 Å². The highest BCUT2D eigenvalue weighted by atomic mass is 35.5. The number of thiazole rings is 1. The molecule has 1 amide bonds. The quantitative estimate of drug-likeness (QED) is 0.905. The fraction of sp³-hybridized carbons (Fsp3) is 0.167. The minimum absolute atomic E-state index is 0.442. The van der Waals surface area contributed by atoms with E-state index in [0.717, 1.165) is 16.3 Å². The van der Waals surface area contributed by atoms with Gasteiger partial charge in [-0.2, -0.15) is 0 Å². The van der Waals surface area contributed by atoms with E-state index in [4.69, 9.17) is 17.3 Å². The predicted molar refractivity (Wildman–Crippen MR) is 73.9 cm³/mol. The number of anilines is 1. The molecular formula is C12H12ClN3OS. The summed E-state index contributed by atoms with van der Waals surface area (Å²) < 4.78 is 0. The van der Waals surface area contributed by atoms with Gasteiger partial charge < -0.3 is 11.1 Å². The molecule has 0 saturated carbocycles. The van der Waals surface area contributed by atoms with Crippen LogP contribution in [0.3, 0.4) is 0 Å². The number of nitrogens with zero attached hydrogens (tertiary/aromatic N) is 1. The highest BCUT2D eigenvalue weighted by Gasteiger charge is 2.21. The zero-order valence-electron chi connectivity index (χ0n) is 9.68. The molecule has 2 aromatic rings. The number of nitrogens with two attached hydrogens (primary N) is 1. The Morgan fingerprint density at radius 2 is 2.33 bits per heavy atom. The zero-order valence-corrected chi connectivity index (χ0v) is 11.3. The monoisotopic (exact) mass is 281 g/mol. The van der Waals surface area contributed by atoms with Crippen LogP contribution in [0.5, 0.6) is 0 Å². The van der Waals surface area contributed by atoms with Gasteiger partial charge in [-0.15, -0.1) is 11.3 Å². The molecule has 0 fully saturated rings. The van der Waals surface area contributed by atoms with Crippen LogP contribution in [0, 0.1) is 6.92 Å². The summed E-state index contributed by atoms with van der Waals surface area (Å²) in [5.41, 5.74) is 8.68. The molecule has 6 heteroatoms. The highest BCUT2D eigenvalue weighted by molar-refractivity contribution is 7.10. The zero-order chi connectivity index (χ0) is 13.1. The Balaban J connectivity index is 2.28. The van der Waals surface area contributed by atoms with Gasteiger partial charge in [-0.1, -0.05) is 17.7 Å². The maximum absolute atomic E-state index is 11.5. The standard InChI is InChI=1S/C12H12ClN3OS/c1-7-11(18-6-15-7)10(12(14)17)16-9-4-2-3-8(13)5-9/h2-6,10,16H,1H3,(H2,14,17). The van der Waals surface area contributed by atoms with Crippen molar-refractivity contribution in [2.75, 3.05) is 5.32 Å². The second kappa shape index (κ2) is 5.37. The Morgan fingerprint density at radius 3 is 2.89 bits per heavy atom. The molecule has 0 aliphatic heterocycles. The molecule has 1 aromatic carbocycles. The number of aryl methyl sites for hydroxylation is 1. The molecule has 18 heavy (non-hydrogen) atoms. The molecule has 3 N–H and O–H groups in total. The van der Waals surface area contributed by atoms with E-state index >= 15 is 0 Å². The van der Waals surface area contributed by atoms with Gasteiger partial charge in [0, 0.05) is 10.7 Å². The third kappa shape index (κ3) is 2.80. The van der Waals surface area contributed by atoms with Gasteiger partial charge in [-0.3, -0.25) is 4.79 Å². The molecule has 1 unspecified atom stereocenters. The van der Waals surface area contributed by atoms with Crippen LogP contribution in [0.4, 0.5) is 5.69 Å². The number of nitrogens with one attached hydrogen (secondary N) is 1. The summed E-state index contributed by atoms with van der Waals surface area (Å²) in [6.45, 7) is 1.85. The molecular weight excluding hydrogens is 270 g/mol. The third-order valence-corrected chi connectivity index (χ3v) is 3.70. The average molecular weight is 282 g/mol. The van der Waals surface area contributed by atoms with Crippen LogP contribution in [0.2, 0.25) is 5.02 Å². The summed E-state index contributed by atoms with van der Waals surface area (Å²) in [6.07, 6.45) is 0. The van der Waals surface area contributed by atoms with Crippen molar-refractivity contribution in [3.63, 3.8) is 0 Å². The van der Waals surface area contributed by atoms with Crippen LogP contribution in [0.15, 0.2) is 29.8 Å². The van der Waals surface area contributed by atoms with E-state index in [9.17, 15) is 4.79 Å². The number of amides is 1. The Hall–Kier alpha value is -1.59.